The number of nitrogens with two attached hydrogens (primary N) is 2. The molecular formula is C6H7BrN2S. The molecule has 0 unspecified atom stereocenters. The van der Waals surface area contributed by atoms with E-state index >= 15 is 0 Å². The van der Waals surface area contributed by atoms with Gasteiger partial charge in [0, 0.05) is 20.7 Å². The lowest BCUT2D eigenvalue weighted by molar-refractivity contribution is 1.45. The Labute approximate surface area is 73.1 Å². The number of hydrogen-bond acceptors (Lipinski definition) is 3. The molecule has 0 aromatic heterocycles. The second-order valence-electron chi connectivity index (χ2n) is 1.93. The Bertz CT molecular complexity index is 212. The van der Waals surface area contributed by atoms with Crippen LogP contribution in [-0.2, 0) is 0 Å². The van der Waals surface area contributed by atoms with Gasteiger partial charge in [-0.1, -0.05) is 0 Å². The molecule has 2 nitrogen and oxygen atoms in total. The largest absolute Gasteiger partial charge is 0.398 e. The van der Waals surface area contributed by atoms with Crippen molar-refractivity contribution in [2.75, 3.05) is 11.5 Å². The van der Waals surface area contributed by atoms with E-state index in [0.717, 1.165) is 4.47 Å². The third-order valence-corrected chi connectivity index (χ3v) is 2.22. The fourth-order valence-electron chi connectivity index (χ4n) is 0.593. The standard InChI is InChI=1S/C6H7BrN2S/c7-3-1-5(9)6(10)2-4(3)8/h1-2,10H,8-9H2. The van der Waals surface area contributed by atoms with Gasteiger partial charge in [-0.3, -0.25) is 0 Å². The van der Waals surface area contributed by atoms with Crippen LogP contribution in [0.2, 0.25) is 0 Å². The Morgan fingerprint density at radius 2 is 1.80 bits per heavy atom. The molecule has 1 aromatic rings. The van der Waals surface area contributed by atoms with Gasteiger partial charge >= 0.3 is 0 Å². The van der Waals surface area contributed by atoms with Crippen molar-refractivity contribution < 1.29 is 0 Å². The van der Waals surface area contributed by atoms with Crippen LogP contribution in [0, 0.1) is 0 Å². The summed E-state index contributed by atoms with van der Waals surface area (Å²) in [4.78, 5) is 0.709. The van der Waals surface area contributed by atoms with Crippen LogP contribution in [-0.4, -0.2) is 0 Å². The Balaban J connectivity index is 3.28. The maximum atomic E-state index is 5.54. The predicted molar refractivity (Wildman–Crippen MR) is 50.2 cm³/mol. The number of rotatable bonds is 0. The lowest BCUT2D eigenvalue weighted by atomic mass is 10.3. The predicted octanol–water partition coefficient (Wildman–Crippen LogP) is 1.90. The van der Waals surface area contributed by atoms with Gasteiger partial charge in [0.25, 0.3) is 0 Å². The monoisotopic (exact) mass is 218 g/mol. The van der Waals surface area contributed by atoms with E-state index < -0.39 is 0 Å². The molecule has 10 heavy (non-hydrogen) atoms. The highest BCUT2D eigenvalue weighted by Gasteiger charge is 1.98. The summed E-state index contributed by atoms with van der Waals surface area (Å²) in [6, 6.07) is 3.44. The van der Waals surface area contributed by atoms with Crippen LogP contribution in [0.15, 0.2) is 21.5 Å². The zero-order valence-electron chi connectivity index (χ0n) is 5.13. The van der Waals surface area contributed by atoms with Gasteiger partial charge in [-0.15, -0.1) is 12.6 Å². The van der Waals surface area contributed by atoms with E-state index in [1.54, 1.807) is 12.1 Å². The molecule has 4 N–H and O–H groups in total. The molecule has 0 aliphatic rings. The lowest BCUT2D eigenvalue weighted by Gasteiger charge is -2.01. The fourth-order valence-corrected chi connectivity index (χ4v) is 1.16. The highest BCUT2D eigenvalue weighted by atomic mass is 79.9. The molecule has 0 heterocycles. The second-order valence-corrected chi connectivity index (χ2v) is 3.27. The van der Waals surface area contributed by atoms with Crippen LogP contribution < -0.4 is 11.5 Å². The Morgan fingerprint density at radius 3 is 2.30 bits per heavy atom. The topological polar surface area (TPSA) is 52.0 Å². The maximum absolute atomic E-state index is 5.54. The third kappa shape index (κ3) is 1.38. The minimum Gasteiger partial charge on any atom is -0.398 e. The number of anilines is 2. The van der Waals surface area contributed by atoms with Crippen molar-refractivity contribution in [3.63, 3.8) is 0 Å². The summed E-state index contributed by atoms with van der Waals surface area (Å²) in [6.07, 6.45) is 0. The molecule has 0 atom stereocenters. The minimum absolute atomic E-state index is 0.629. The molecule has 0 saturated carbocycles. The van der Waals surface area contributed by atoms with E-state index in [4.69, 9.17) is 11.5 Å². The summed E-state index contributed by atoms with van der Waals surface area (Å²) in [5.41, 5.74) is 12.3. The van der Waals surface area contributed by atoms with Crippen molar-refractivity contribution in [3.05, 3.63) is 16.6 Å². The van der Waals surface area contributed by atoms with Gasteiger partial charge in [-0.2, -0.15) is 0 Å². The summed E-state index contributed by atoms with van der Waals surface area (Å²) in [5.74, 6) is 0. The highest BCUT2D eigenvalue weighted by Crippen LogP contribution is 2.27. The molecule has 0 spiro atoms. The summed E-state index contributed by atoms with van der Waals surface area (Å²) in [5, 5.41) is 0. The first-order valence-electron chi connectivity index (χ1n) is 2.64. The molecular weight excluding hydrogens is 212 g/mol. The van der Waals surface area contributed by atoms with Gasteiger partial charge in [0.2, 0.25) is 0 Å². The zero-order valence-corrected chi connectivity index (χ0v) is 7.62. The molecule has 54 valence electrons. The van der Waals surface area contributed by atoms with Crippen LogP contribution in [0.25, 0.3) is 0 Å². The van der Waals surface area contributed by atoms with Crippen molar-refractivity contribution in [1.29, 1.82) is 0 Å². The van der Waals surface area contributed by atoms with E-state index in [9.17, 15) is 0 Å². The summed E-state index contributed by atoms with van der Waals surface area (Å²) in [7, 11) is 0. The van der Waals surface area contributed by atoms with E-state index in [2.05, 4.69) is 28.6 Å². The van der Waals surface area contributed by atoms with Crippen LogP contribution in [0.3, 0.4) is 0 Å². The molecule has 0 aliphatic carbocycles. The van der Waals surface area contributed by atoms with Gasteiger partial charge in [0.1, 0.15) is 0 Å². The molecule has 0 aliphatic heterocycles. The van der Waals surface area contributed by atoms with E-state index in [1.807, 2.05) is 0 Å². The molecule has 0 saturated heterocycles. The zero-order chi connectivity index (χ0) is 7.72. The number of halogens is 1. The first-order valence-corrected chi connectivity index (χ1v) is 3.88. The highest BCUT2D eigenvalue weighted by molar-refractivity contribution is 9.10. The molecule has 0 fully saturated rings. The number of nitrogen functional groups attached to an aromatic ring is 2. The van der Waals surface area contributed by atoms with Crippen molar-refractivity contribution in [1.82, 2.24) is 0 Å². The van der Waals surface area contributed by atoms with E-state index in [-0.39, 0.29) is 0 Å². The first-order chi connectivity index (χ1) is 4.61. The molecule has 0 bridgehead atoms. The number of hydrogen-bond donors (Lipinski definition) is 3. The Morgan fingerprint density at radius 1 is 1.20 bits per heavy atom. The summed E-state index contributed by atoms with van der Waals surface area (Å²) >= 11 is 7.33. The first kappa shape index (κ1) is 7.75. The molecule has 1 rings (SSSR count). The smallest absolute Gasteiger partial charge is 0.0471 e. The van der Waals surface area contributed by atoms with Gasteiger partial charge in [-0.25, -0.2) is 0 Å². The Hall–Kier alpha value is -0.350. The van der Waals surface area contributed by atoms with Crippen molar-refractivity contribution in [2.24, 2.45) is 0 Å². The van der Waals surface area contributed by atoms with Crippen LogP contribution in [0.4, 0.5) is 11.4 Å². The quantitative estimate of drug-likeness (QED) is 0.461. The summed E-state index contributed by atoms with van der Waals surface area (Å²) in [6.45, 7) is 0. The molecule has 1 aromatic carbocycles. The number of benzene rings is 1. The van der Waals surface area contributed by atoms with Crippen molar-refractivity contribution in [3.8, 4) is 0 Å². The van der Waals surface area contributed by atoms with E-state index in [1.165, 1.54) is 0 Å². The third-order valence-electron chi connectivity index (χ3n) is 1.15. The Kier molecular flexibility index (Phi) is 2.11. The average Bonchev–Trinajstić information content (AvgIpc) is 1.84. The maximum Gasteiger partial charge on any atom is 0.0471 e. The van der Waals surface area contributed by atoms with E-state index in [0.29, 0.717) is 16.3 Å². The SMILES string of the molecule is Nc1cc(Br)c(N)cc1S. The molecule has 0 amide bonds. The number of thiol groups is 1. The van der Waals surface area contributed by atoms with Gasteiger partial charge < -0.3 is 11.5 Å². The molecule has 4 heteroatoms. The van der Waals surface area contributed by atoms with Crippen molar-refractivity contribution >= 4 is 39.9 Å². The average molecular weight is 219 g/mol. The second kappa shape index (κ2) is 2.72. The fraction of sp³-hybridized carbons (Fsp3) is 0. The molecule has 0 radical (unpaired) electrons. The lowest BCUT2D eigenvalue weighted by Crippen LogP contribution is -1.91. The van der Waals surface area contributed by atoms with Crippen LogP contribution in [0.5, 0.6) is 0 Å². The van der Waals surface area contributed by atoms with Gasteiger partial charge in [0.05, 0.1) is 0 Å². The van der Waals surface area contributed by atoms with Crippen LogP contribution in [0.1, 0.15) is 0 Å². The van der Waals surface area contributed by atoms with Gasteiger partial charge in [-0.05, 0) is 28.1 Å². The summed E-state index contributed by atoms with van der Waals surface area (Å²) < 4.78 is 0.808. The van der Waals surface area contributed by atoms with Crippen LogP contribution >= 0.6 is 28.6 Å². The van der Waals surface area contributed by atoms with Gasteiger partial charge in [0.15, 0.2) is 0 Å². The normalized spacial score (nSPS) is 9.80. The van der Waals surface area contributed by atoms with Crippen molar-refractivity contribution in [2.45, 2.75) is 4.90 Å². The minimum atomic E-state index is 0.629.